The summed E-state index contributed by atoms with van der Waals surface area (Å²) >= 11 is 0. The molecule has 11 heteroatoms. The Kier molecular flexibility index (Phi) is 13.5. The fourth-order valence-corrected chi connectivity index (χ4v) is 3.33. The fraction of sp³-hybridized carbons (Fsp3) is 0.600. The molecule has 202 valence electrons. The van der Waals surface area contributed by atoms with Crippen LogP contribution in [0.1, 0.15) is 64.9 Å². The molecule has 0 aliphatic heterocycles. The third-order valence-corrected chi connectivity index (χ3v) is 5.14. The number of carbonyl (C=O) groups excluding carboxylic acids is 4. The lowest BCUT2D eigenvalue weighted by atomic mass is 10.0. The Balaban J connectivity index is 3.22. The number of hydrogen-bond acceptors (Lipinski definition) is 8. The Bertz CT molecular complexity index is 843. The van der Waals surface area contributed by atoms with Crippen LogP contribution in [-0.4, -0.2) is 59.7 Å². The lowest BCUT2D eigenvalue weighted by Gasteiger charge is -2.31. The van der Waals surface area contributed by atoms with Gasteiger partial charge < -0.3 is 32.0 Å². The van der Waals surface area contributed by atoms with E-state index in [2.05, 4.69) is 5.32 Å². The summed E-state index contributed by atoms with van der Waals surface area (Å²) in [6.07, 6.45) is 0.504. The molecule has 0 aliphatic rings. The number of rotatable bonds is 14. The zero-order valence-corrected chi connectivity index (χ0v) is 21.5. The quantitative estimate of drug-likeness (QED) is 0.276. The van der Waals surface area contributed by atoms with E-state index in [1.807, 2.05) is 6.07 Å². The molecule has 7 N–H and O–H groups in total. The molecule has 11 nitrogen and oxygen atoms in total. The number of imide groups is 1. The lowest BCUT2D eigenvalue weighted by Crippen LogP contribution is -2.56. The van der Waals surface area contributed by atoms with E-state index in [9.17, 15) is 19.2 Å². The minimum absolute atomic E-state index is 0.0942. The predicted molar refractivity (Wildman–Crippen MR) is 135 cm³/mol. The van der Waals surface area contributed by atoms with Gasteiger partial charge in [0.2, 0.25) is 11.8 Å². The van der Waals surface area contributed by atoms with Crippen molar-refractivity contribution in [3.8, 4) is 0 Å². The van der Waals surface area contributed by atoms with Gasteiger partial charge in [-0.15, -0.1) is 0 Å². The first kappa shape index (κ1) is 30.9. The molecule has 4 amide bonds. The van der Waals surface area contributed by atoms with Crippen molar-refractivity contribution in [1.29, 1.82) is 0 Å². The normalized spacial score (nSPS) is 12.8. The average molecular weight is 508 g/mol. The standard InChI is InChI=1S/C25H41N5O6/c1-25(2,3)36-24(34)30(23(33)35-17-18-11-5-4-6-12-18)20(14-8-10-16-27)22(32)29-19(21(28)31)13-7-9-15-26/h4-6,11-12,19-20H,7-10,13-17,26-27H2,1-3H3,(H2,28,31)(H,29,32)/t19-,20-/m0/s1. The van der Waals surface area contributed by atoms with Crippen LogP contribution in [0.2, 0.25) is 0 Å². The molecule has 0 radical (unpaired) electrons. The molecule has 0 bridgehead atoms. The van der Waals surface area contributed by atoms with E-state index < -0.39 is 41.7 Å². The summed E-state index contributed by atoms with van der Waals surface area (Å²) in [6, 6.07) is 6.62. The summed E-state index contributed by atoms with van der Waals surface area (Å²) in [5, 5.41) is 2.59. The zero-order valence-electron chi connectivity index (χ0n) is 21.5. The van der Waals surface area contributed by atoms with Gasteiger partial charge in [-0.25, -0.2) is 9.59 Å². The van der Waals surface area contributed by atoms with E-state index in [0.29, 0.717) is 49.2 Å². The van der Waals surface area contributed by atoms with E-state index >= 15 is 0 Å². The van der Waals surface area contributed by atoms with Crippen molar-refractivity contribution < 1.29 is 28.7 Å². The minimum Gasteiger partial charge on any atom is -0.444 e. The van der Waals surface area contributed by atoms with Crippen molar-refractivity contribution in [1.82, 2.24) is 10.2 Å². The Labute approximate surface area is 213 Å². The number of ether oxygens (including phenoxy) is 2. The molecule has 1 aromatic rings. The number of unbranched alkanes of at least 4 members (excludes halogenated alkanes) is 2. The van der Waals surface area contributed by atoms with Crippen molar-refractivity contribution in [2.75, 3.05) is 13.1 Å². The molecule has 0 aliphatic carbocycles. The summed E-state index contributed by atoms with van der Waals surface area (Å²) in [5.74, 6) is -1.44. The Morgan fingerprint density at radius 1 is 0.917 bits per heavy atom. The second-order valence-corrected chi connectivity index (χ2v) is 9.44. The van der Waals surface area contributed by atoms with Gasteiger partial charge >= 0.3 is 12.2 Å². The number of nitrogens with one attached hydrogen (secondary N) is 1. The summed E-state index contributed by atoms with van der Waals surface area (Å²) in [7, 11) is 0. The summed E-state index contributed by atoms with van der Waals surface area (Å²) in [5.41, 5.74) is 16.4. The zero-order chi connectivity index (χ0) is 27.1. The molecule has 0 aromatic heterocycles. The first-order chi connectivity index (χ1) is 17.0. The van der Waals surface area contributed by atoms with Crippen LogP contribution in [-0.2, 0) is 25.7 Å². The predicted octanol–water partition coefficient (Wildman–Crippen LogP) is 2.16. The van der Waals surface area contributed by atoms with Gasteiger partial charge in [-0.05, 0) is 77.9 Å². The topological polar surface area (TPSA) is 180 Å². The number of nitrogens with zero attached hydrogens (tertiary/aromatic N) is 1. The van der Waals surface area contributed by atoms with Gasteiger partial charge in [-0.2, -0.15) is 4.90 Å². The summed E-state index contributed by atoms with van der Waals surface area (Å²) < 4.78 is 10.8. The number of primary amides is 1. The van der Waals surface area contributed by atoms with Gasteiger partial charge in [0.05, 0.1) is 0 Å². The molecule has 0 unspecified atom stereocenters. The Hall–Kier alpha value is -3.18. The van der Waals surface area contributed by atoms with E-state index in [1.54, 1.807) is 45.0 Å². The Morgan fingerprint density at radius 2 is 1.50 bits per heavy atom. The monoisotopic (exact) mass is 507 g/mol. The third-order valence-electron chi connectivity index (χ3n) is 5.14. The van der Waals surface area contributed by atoms with Crippen LogP contribution in [0.15, 0.2) is 30.3 Å². The van der Waals surface area contributed by atoms with Crippen molar-refractivity contribution in [3.63, 3.8) is 0 Å². The second kappa shape index (κ2) is 15.7. The first-order valence-corrected chi connectivity index (χ1v) is 12.2. The highest BCUT2D eigenvalue weighted by molar-refractivity contribution is 5.97. The number of carbonyl (C=O) groups is 4. The van der Waals surface area contributed by atoms with Crippen molar-refractivity contribution in [2.45, 2.75) is 83.6 Å². The lowest BCUT2D eigenvalue weighted by molar-refractivity contribution is -0.130. The second-order valence-electron chi connectivity index (χ2n) is 9.44. The van der Waals surface area contributed by atoms with Gasteiger partial charge in [-0.1, -0.05) is 30.3 Å². The van der Waals surface area contributed by atoms with Gasteiger partial charge in [0.1, 0.15) is 24.3 Å². The van der Waals surface area contributed by atoms with Crippen molar-refractivity contribution in [3.05, 3.63) is 35.9 Å². The van der Waals surface area contributed by atoms with Gasteiger partial charge in [0.15, 0.2) is 0 Å². The van der Waals surface area contributed by atoms with Crippen LogP contribution in [0.4, 0.5) is 9.59 Å². The maximum absolute atomic E-state index is 13.3. The van der Waals surface area contributed by atoms with Crippen LogP contribution in [0, 0.1) is 0 Å². The molecule has 0 saturated carbocycles. The summed E-state index contributed by atoms with van der Waals surface area (Å²) in [6.45, 7) is 5.61. The highest BCUT2D eigenvalue weighted by Crippen LogP contribution is 2.18. The molecule has 1 aromatic carbocycles. The SMILES string of the molecule is CC(C)(C)OC(=O)N(C(=O)OCc1ccccc1)[C@@H](CCCCN)C(=O)N[C@@H](CCCCN)C(N)=O. The maximum Gasteiger partial charge on any atom is 0.420 e. The van der Waals surface area contributed by atoms with E-state index in [1.165, 1.54) is 0 Å². The van der Waals surface area contributed by atoms with Crippen molar-refractivity contribution in [2.24, 2.45) is 17.2 Å². The minimum atomic E-state index is -1.30. The molecule has 1 rings (SSSR count). The van der Waals surface area contributed by atoms with Crippen LogP contribution in [0.5, 0.6) is 0 Å². The molecule has 36 heavy (non-hydrogen) atoms. The highest BCUT2D eigenvalue weighted by Gasteiger charge is 2.39. The van der Waals surface area contributed by atoms with Gasteiger partial charge in [0, 0.05) is 0 Å². The van der Waals surface area contributed by atoms with Gasteiger partial charge in [-0.3, -0.25) is 9.59 Å². The number of benzene rings is 1. The molecule has 0 saturated heterocycles. The molecular formula is C25H41N5O6. The van der Waals surface area contributed by atoms with E-state index in [-0.39, 0.29) is 19.4 Å². The summed E-state index contributed by atoms with van der Waals surface area (Å²) in [4.78, 5) is 52.2. The first-order valence-electron chi connectivity index (χ1n) is 12.2. The van der Waals surface area contributed by atoms with Crippen LogP contribution < -0.4 is 22.5 Å². The highest BCUT2D eigenvalue weighted by atomic mass is 16.6. The fourth-order valence-electron chi connectivity index (χ4n) is 3.33. The van der Waals surface area contributed by atoms with Crippen molar-refractivity contribution >= 4 is 24.0 Å². The smallest absolute Gasteiger partial charge is 0.420 e. The molecule has 0 spiro atoms. The molecule has 2 atom stereocenters. The largest absolute Gasteiger partial charge is 0.444 e. The van der Waals surface area contributed by atoms with E-state index in [4.69, 9.17) is 26.7 Å². The molecule has 0 heterocycles. The number of amides is 4. The number of hydrogen-bond donors (Lipinski definition) is 4. The maximum atomic E-state index is 13.3. The van der Waals surface area contributed by atoms with E-state index in [0.717, 1.165) is 0 Å². The van der Waals surface area contributed by atoms with Gasteiger partial charge in [0.25, 0.3) is 0 Å². The number of nitrogens with two attached hydrogens (primary N) is 3. The molecular weight excluding hydrogens is 466 g/mol. The van der Waals surface area contributed by atoms with Crippen LogP contribution in [0.25, 0.3) is 0 Å². The average Bonchev–Trinajstić information content (AvgIpc) is 2.80. The third kappa shape index (κ3) is 11.5. The Morgan fingerprint density at radius 3 is 2.03 bits per heavy atom. The molecule has 0 fully saturated rings. The van der Waals surface area contributed by atoms with Crippen LogP contribution in [0.3, 0.4) is 0 Å². The van der Waals surface area contributed by atoms with Crippen LogP contribution >= 0.6 is 0 Å².